The summed E-state index contributed by atoms with van der Waals surface area (Å²) in [4.78, 5) is 0. The van der Waals surface area contributed by atoms with Gasteiger partial charge in [-0.25, -0.2) is 4.39 Å². The van der Waals surface area contributed by atoms with Gasteiger partial charge in [-0.05, 0) is 17.7 Å². The molecule has 13 heavy (non-hydrogen) atoms. The van der Waals surface area contributed by atoms with Crippen LogP contribution in [-0.4, -0.2) is 13.3 Å². The lowest BCUT2D eigenvalue weighted by atomic mass is 10.1. The standard InChI is InChI=1S/C10H12FNO/c1-13-8-4-2-7(3-5-8)10(12)6-9(10)11/h2-5,9H,6,12H2,1H3/t9-,10-/m0/s1. The Kier molecular flexibility index (Phi) is 1.77. The Morgan fingerprint density at radius 1 is 1.46 bits per heavy atom. The largest absolute Gasteiger partial charge is 0.497 e. The third-order valence-electron chi connectivity index (χ3n) is 2.54. The monoisotopic (exact) mass is 181 g/mol. The minimum Gasteiger partial charge on any atom is -0.497 e. The van der Waals surface area contributed by atoms with E-state index >= 15 is 0 Å². The fourth-order valence-electron chi connectivity index (χ4n) is 1.44. The highest BCUT2D eigenvalue weighted by Gasteiger charge is 2.53. The number of benzene rings is 1. The Morgan fingerprint density at radius 2 is 2.00 bits per heavy atom. The SMILES string of the molecule is COc1ccc([C@@]2(N)C[C@@H]2F)cc1. The molecule has 0 aromatic heterocycles. The predicted octanol–water partition coefficient (Wildman–Crippen LogP) is 1.59. The first-order valence-electron chi connectivity index (χ1n) is 4.24. The van der Waals surface area contributed by atoms with Crippen LogP contribution in [0.2, 0.25) is 0 Å². The second-order valence-corrected chi connectivity index (χ2v) is 3.44. The molecule has 70 valence electrons. The summed E-state index contributed by atoms with van der Waals surface area (Å²) in [6.45, 7) is 0. The molecule has 1 aliphatic rings. The highest BCUT2D eigenvalue weighted by Crippen LogP contribution is 2.45. The summed E-state index contributed by atoms with van der Waals surface area (Å²) in [7, 11) is 1.60. The van der Waals surface area contributed by atoms with Crippen LogP contribution in [0.15, 0.2) is 24.3 Å². The zero-order valence-electron chi connectivity index (χ0n) is 7.46. The molecule has 0 spiro atoms. The molecule has 0 radical (unpaired) electrons. The van der Waals surface area contributed by atoms with Gasteiger partial charge in [0.15, 0.2) is 0 Å². The summed E-state index contributed by atoms with van der Waals surface area (Å²) in [6, 6.07) is 7.24. The van der Waals surface area contributed by atoms with Crippen molar-refractivity contribution in [3.63, 3.8) is 0 Å². The van der Waals surface area contributed by atoms with Crippen LogP contribution in [0.25, 0.3) is 0 Å². The van der Waals surface area contributed by atoms with E-state index in [9.17, 15) is 4.39 Å². The molecule has 0 saturated heterocycles. The van der Waals surface area contributed by atoms with Gasteiger partial charge in [0, 0.05) is 6.42 Å². The first kappa shape index (κ1) is 8.51. The summed E-state index contributed by atoms with van der Waals surface area (Å²) >= 11 is 0. The third kappa shape index (κ3) is 1.29. The maximum absolute atomic E-state index is 12.9. The molecule has 1 aromatic rings. The topological polar surface area (TPSA) is 35.2 Å². The van der Waals surface area contributed by atoms with E-state index in [0.29, 0.717) is 6.42 Å². The third-order valence-corrected chi connectivity index (χ3v) is 2.54. The number of rotatable bonds is 2. The van der Waals surface area contributed by atoms with E-state index in [0.717, 1.165) is 11.3 Å². The Balaban J connectivity index is 2.24. The van der Waals surface area contributed by atoms with E-state index in [1.807, 2.05) is 12.1 Å². The molecule has 0 amide bonds. The number of alkyl halides is 1. The van der Waals surface area contributed by atoms with Gasteiger partial charge in [0.25, 0.3) is 0 Å². The lowest BCUT2D eigenvalue weighted by Gasteiger charge is -2.09. The Morgan fingerprint density at radius 3 is 2.38 bits per heavy atom. The number of ether oxygens (including phenoxy) is 1. The minimum absolute atomic E-state index is 0.430. The van der Waals surface area contributed by atoms with Gasteiger partial charge < -0.3 is 10.5 Å². The van der Waals surface area contributed by atoms with Crippen molar-refractivity contribution in [3.8, 4) is 5.75 Å². The van der Waals surface area contributed by atoms with Crippen molar-refractivity contribution >= 4 is 0 Å². The quantitative estimate of drug-likeness (QED) is 0.752. The highest BCUT2D eigenvalue weighted by molar-refractivity contribution is 5.37. The zero-order valence-corrected chi connectivity index (χ0v) is 7.46. The lowest BCUT2D eigenvalue weighted by Crippen LogP contribution is -2.22. The summed E-state index contributed by atoms with van der Waals surface area (Å²) in [5.41, 5.74) is 5.91. The lowest BCUT2D eigenvalue weighted by molar-refractivity contribution is 0.412. The van der Waals surface area contributed by atoms with E-state index in [-0.39, 0.29) is 0 Å². The Labute approximate surface area is 76.5 Å². The molecule has 1 aliphatic carbocycles. The predicted molar refractivity (Wildman–Crippen MR) is 48.4 cm³/mol. The van der Waals surface area contributed by atoms with Crippen LogP contribution in [0, 0.1) is 0 Å². The van der Waals surface area contributed by atoms with E-state index in [1.54, 1.807) is 19.2 Å². The van der Waals surface area contributed by atoms with E-state index in [2.05, 4.69) is 0 Å². The number of methoxy groups -OCH3 is 1. The van der Waals surface area contributed by atoms with E-state index < -0.39 is 11.7 Å². The van der Waals surface area contributed by atoms with Crippen molar-refractivity contribution in [1.29, 1.82) is 0 Å². The zero-order chi connectivity index (χ0) is 9.47. The van der Waals surface area contributed by atoms with E-state index in [1.165, 1.54) is 0 Å². The van der Waals surface area contributed by atoms with Gasteiger partial charge in [0.1, 0.15) is 11.9 Å². The van der Waals surface area contributed by atoms with Crippen LogP contribution in [0.1, 0.15) is 12.0 Å². The van der Waals surface area contributed by atoms with Crippen molar-refractivity contribution in [2.75, 3.05) is 7.11 Å². The molecule has 1 aromatic carbocycles. The maximum Gasteiger partial charge on any atom is 0.124 e. The van der Waals surface area contributed by atoms with Gasteiger partial charge in [0.05, 0.1) is 12.6 Å². The fraction of sp³-hybridized carbons (Fsp3) is 0.400. The molecule has 1 saturated carbocycles. The molecule has 0 aliphatic heterocycles. The van der Waals surface area contributed by atoms with Gasteiger partial charge in [-0.3, -0.25) is 0 Å². The summed E-state index contributed by atoms with van der Waals surface area (Å²) in [5, 5.41) is 0. The molecule has 2 rings (SSSR count). The molecular weight excluding hydrogens is 169 g/mol. The molecule has 2 N–H and O–H groups in total. The Bertz CT molecular complexity index is 311. The average molecular weight is 181 g/mol. The molecule has 2 nitrogen and oxygen atoms in total. The minimum atomic E-state index is -0.888. The fourth-order valence-corrected chi connectivity index (χ4v) is 1.44. The number of nitrogens with two attached hydrogens (primary N) is 1. The first-order valence-corrected chi connectivity index (χ1v) is 4.24. The molecule has 2 atom stereocenters. The van der Waals surface area contributed by atoms with Crippen molar-refractivity contribution < 1.29 is 9.13 Å². The van der Waals surface area contributed by atoms with Gasteiger partial charge in [-0.15, -0.1) is 0 Å². The van der Waals surface area contributed by atoms with Gasteiger partial charge in [-0.1, -0.05) is 12.1 Å². The summed E-state index contributed by atoms with van der Waals surface area (Å²) in [6.07, 6.45) is -0.458. The van der Waals surface area contributed by atoms with Crippen LogP contribution in [-0.2, 0) is 5.54 Å². The van der Waals surface area contributed by atoms with Gasteiger partial charge in [-0.2, -0.15) is 0 Å². The van der Waals surface area contributed by atoms with Crippen LogP contribution >= 0.6 is 0 Å². The van der Waals surface area contributed by atoms with Crippen LogP contribution in [0.5, 0.6) is 5.75 Å². The second kappa shape index (κ2) is 2.70. The van der Waals surface area contributed by atoms with Crippen LogP contribution < -0.4 is 10.5 Å². The van der Waals surface area contributed by atoms with Crippen molar-refractivity contribution in [2.45, 2.75) is 18.1 Å². The second-order valence-electron chi connectivity index (χ2n) is 3.44. The van der Waals surface area contributed by atoms with Crippen LogP contribution in [0.3, 0.4) is 0 Å². The van der Waals surface area contributed by atoms with Crippen LogP contribution in [0.4, 0.5) is 4.39 Å². The number of hydrogen-bond donors (Lipinski definition) is 1. The van der Waals surface area contributed by atoms with Crippen molar-refractivity contribution in [2.24, 2.45) is 5.73 Å². The van der Waals surface area contributed by atoms with Gasteiger partial charge in [0.2, 0.25) is 0 Å². The molecule has 3 heteroatoms. The molecule has 0 heterocycles. The Hall–Kier alpha value is -1.09. The normalized spacial score (nSPS) is 31.5. The average Bonchev–Trinajstić information content (AvgIpc) is 2.76. The van der Waals surface area contributed by atoms with Crippen molar-refractivity contribution in [1.82, 2.24) is 0 Å². The van der Waals surface area contributed by atoms with Gasteiger partial charge >= 0.3 is 0 Å². The molecule has 1 fully saturated rings. The maximum atomic E-state index is 12.9. The molecule has 0 bridgehead atoms. The molecule has 0 unspecified atom stereocenters. The highest BCUT2D eigenvalue weighted by atomic mass is 19.1. The number of hydrogen-bond acceptors (Lipinski definition) is 2. The summed E-state index contributed by atoms with van der Waals surface area (Å²) < 4.78 is 17.9. The summed E-state index contributed by atoms with van der Waals surface area (Å²) in [5.74, 6) is 0.767. The molecular formula is C10H12FNO. The number of halogens is 1. The van der Waals surface area contributed by atoms with Crippen molar-refractivity contribution in [3.05, 3.63) is 29.8 Å². The first-order chi connectivity index (χ1) is 6.16. The smallest absolute Gasteiger partial charge is 0.124 e. The van der Waals surface area contributed by atoms with E-state index in [4.69, 9.17) is 10.5 Å².